The van der Waals surface area contributed by atoms with E-state index < -0.39 is 5.91 Å². The molecule has 1 unspecified atom stereocenters. The molecule has 0 aromatic carbocycles. The van der Waals surface area contributed by atoms with Crippen molar-refractivity contribution in [3.8, 4) is 0 Å². The Balaban J connectivity index is 2.31. The summed E-state index contributed by atoms with van der Waals surface area (Å²) in [4.78, 5) is 24.3. The van der Waals surface area contributed by atoms with Gasteiger partial charge in [-0.3, -0.25) is 9.59 Å². The van der Waals surface area contributed by atoms with Crippen LogP contribution in [0.15, 0.2) is 0 Å². The van der Waals surface area contributed by atoms with Gasteiger partial charge in [-0.05, 0) is 30.7 Å². The van der Waals surface area contributed by atoms with Gasteiger partial charge in [-0.1, -0.05) is 19.8 Å². The molecule has 2 amide bonds. The van der Waals surface area contributed by atoms with E-state index in [0.717, 1.165) is 24.8 Å². The Labute approximate surface area is 127 Å². The van der Waals surface area contributed by atoms with Crippen LogP contribution in [0.2, 0.25) is 0 Å². The van der Waals surface area contributed by atoms with Crippen molar-refractivity contribution in [2.45, 2.75) is 39.0 Å². The van der Waals surface area contributed by atoms with Crippen LogP contribution in [0.4, 0.5) is 5.00 Å². The van der Waals surface area contributed by atoms with Crippen molar-refractivity contribution >= 4 is 39.8 Å². The quantitative estimate of drug-likeness (QED) is 0.820. The number of nitrogens with two attached hydrogens (primary N) is 1. The maximum atomic E-state index is 11.7. The second-order valence-corrected chi connectivity index (χ2v) is 6.52. The first-order valence-corrected chi connectivity index (χ1v) is 8.22. The van der Waals surface area contributed by atoms with Crippen LogP contribution < -0.4 is 11.1 Å². The summed E-state index contributed by atoms with van der Waals surface area (Å²) in [5.41, 5.74) is 6.99. The summed E-state index contributed by atoms with van der Waals surface area (Å²) in [5, 5.41) is 3.25. The van der Waals surface area contributed by atoms with Crippen molar-refractivity contribution in [2.75, 3.05) is 11.2 Å². The third kappa shape index (κ3) is 3.15. The number of hydrogen-bond acceptors (Lipinski definition) is 3. The van der Waals surface area contributed by atoms with Crippen LogP contribution in [-0.2, 0) is 17.6 Å². The van der Waals surface area contributed by atoms with Crippen molar-refractivity contribution in [2.24, 2.45) is 11.7 Å². The number of thiophene rings is 1. The van der Waals surface area contributed by atoms with E-state index in [4.69, 9.17) is 17.3 Å². The number of primary amides is 1. The molecule has 0 bridgehead atoms. The smallest absolute Gasteiger partial charge is 0.251 e. The molecule has 20 heavy (non-hydrogen) atoms. The Morgan fingerprint density at radius 1 is 1.50 bits per heavy atom. The number of rotatable bonds is 5. The number of carbonyl (C=O) groups excluding carboxylic acids is 2. The molecule has 0 saturated carbocycles. The normalized spacial score (nSPS) is 17.6. The zero-order valence-corrected chi connectivity index (χ0v) is 13.1. The van der Waals surface area contributed by atoms with Crippen molar-refractivity contribution in [1.82, 2.24) is 0 Å². The van der Waals surface area contributed by atoms with E-state index >= 15 is 0 Å². The largest absolute Gasteiger partial charge is 0.365 e. The standard InChI is InChI=1S/C14H19ClN2O2S/c1-2-3-8-4-5-9-10(6-8)20-14(12(9)13(16)19)17-11(18)7-15/h8H,2-7H2,1H3,(H2,16,19)(H,17,18). The molecular weight excluding hydrogens is 296 g/mol. The summed E-state index contributed by atoms with van der Waals surface area (Å²) in [6.07, 6.45) is 5.30. The number of halogens is 1. The summed E-state index contributed by atoms with van der Waals surface area (Å²) >= 11 is 6.97. The van der Waals surface area contributed by atoms with E-state index in [1.807, 2.05) is 0 Å². The predicted octanol–water partition coefficient (Wildman–Crippen LogP) is 2.93. The third-order valence-corrected chi connectivity index (χ3v) is 5.10. The summed E-state index contributed by atoms with van der Waals surface area (Å²) in [6.45, 7) is 2.19. The van der Waals surface area contributed by atoms with Crippen molar-refractivity contribution in [3.63, 3.8) is 0 Å². The monoisotopic (exact) mass is 314 g/mol. The summed E-state index contributed by atoms with van der Waals surface area (Å²) in [6, 6.07) is 0. The van der Waals surface area contributed by atoms with E-state index in [2.05, 4.69) is 12.2 Å². The average Bonchev–Trinajstić information content (AvgIpc) is 2.76. The predicted molar refractivity (Wildman–Crippen MR) is 82.6 cm³/mol. The SMILES string of the molecule is CCCC1CCc2c(sc(NC(=O)CCl)c2C(N)=O)C1. The zero-order chi connectivity index (χ0) is 14.7. The minimum atomic E-state index is -0.471. The van der Waals surface area contributed by atoms with Gasteiger partial charge in [0.1, 0.15) is 10.9 Å². The summed E-state index contributed by atoms with van der Waals surface area (Å²) in [7, 11) is 0. The van der Waals surface area contributed by atoms with Gasteiger partial charge in [-0.15, -0.1) is 22.9 Å². The molecule has 0 radical (unpaired) electrons. The van der Waals surface area contributed by atoms with E-state index in [1.54, 1.807) is 0 Å². The van der Waals surface area contributed by atoms with Crippen LogP contribution in [0.3, 0.4) is 0 Å². The van der Waals surface area contributed by atoms with Crippen molar-refractivity contribution < 1.29 is 9.59 Å². The van der Waals surface area contributed by atoms with Crippen LogP contribution in [0.25, 0.3) is 0 Å². The molecule has 2 rings (SSSR count). The first-order chi connectivity index (χ1) is 9.56. The first-order valence-electron chi connectivity index (χ1n) is 6.86. The highest BCUT2D eigenvalue weighted by Gasteiger charge is 2.28. The minimum absolute atomic E-state index is 0.126. The lowest BCUT2D eigenvalue weighted by Gasteiger charge is -2.21. The Hall–Kier alpha value is -1.07. The van der Waals surface area contributed by atoms with Crippen LogP contribution in [-0.4, -0.2) is 17.7 Å². The lowest BCUT2D eigenvalue weighted by molar-refractivity contribution is -0.113. The Morgan fingerprint density at radius 3 is 2.85 bits per heavy atom. The molecule has 0 saturated heterocycles. The van der Waals surface area contributed by atoms with Crippen molar-refractivity contribution in [1.29, 1.82) is 0 Å². The maximum absolute atomic E-state index is 11.7. The number of nitrogens with one attached hydrogen (secondary N) is 1. The van der Waals surface area contributed by atoms with Gasteiger partial charge in [-0.2, -0.15) is 0 Å². The number of anilines is 1. The van der Waals surface area contributed by atoms with E-state index in [9.17, 15) is 9.59 Å². The third-order valence-electron chi connectivity index (χ3n) is 3.68. The molecule has 110 valence electrons. The van der Waals surface area contributed by atoms with Gasteiger partial charge in [0, 0.05) is 4.88 Å². The van der Waals surface area contributed by atoms with Crippen LogP contribution in [0.1, 0.15) is 47.0 Å². The molecule has 1 aliphatic carbocycles. The summed E-state index contributed by atoms with van der Waals surface area (Å²) in [5.74, 6) is -0.234. The number of hydrogen-bond donors (Lipinski definition) is 2. The Morgan fingerprint density at radius 2 is 2.25 bits per heavy atom. The molecule has 3 N–H and O–H groups in total. The van der Waals surface area contributed by atoms with E-state index in [1.165, 1.54) is 29.1 Å². The minimum Gasteiger partial charge on any atom is -0.365 e. The van der Waals surface area contributed by atoms with Crippen LogP contribution in [0, 0.1) is 5.92 Å². The Bertz CT molecular complexity index is 527. The number of fused-ring (bicyclic) bond motifs is 1. The number of alkyl halides is 1. The lowest BCUT2D eigenvalue weighted by Crippen LogP contribution is -2.20. The number of amides is 2. The molecular formula is C14H19ClN2O2S. The second-order valence-electron chi connectivity index (χ2n) is 5.15. The lowest BCUT2D eigenvalue weighted by atomic mass is 9.84. The van der Waals surface area contributed by atoms with Gasteiger partial charge in [0.2, 0.25) is 5.91 Å². The van der Waals surface area contributed by atoms with Crippen molar-refractivity contribution in [3.05, 3.63) is 16.0 Å². The average molecular weight is 315 g/mol. The fourth-order valence-corrected chi connectivity index (χ4v) is 4.27. The van der Waals surface area contributed by atoms with Gasteiger partial charge in [0.25, 0.3) is 5.91 Å². The highest BCUT2D eigenvalue weighted by molar-refractivity contribution is 7.17. The molecule has 6 heteroatoms. The van der Waals surface area contributed by atoms with Gasteiger partial charge < -0.3 is 11.1 Å². The summed E-state index contributed by atoms with van der Waals surface area (Å²) < 4.78 is 0. The fraction of sp³-hybridized carbons (Fsp3) is 0.571. The zero-order valence-electron chi connectivity index (χ0n) is 11.5. The molecule has 1 aromatic heterocycles. The topological polar surface area (TPSA) is 72.2 Å². The molecule has 1 aliphatic rings. The Kier molecular flexibility index (Phi) is 5.05. The fourth-order valence-electron chi connectivity index (χ4n) is 2.82. The molecule has 1 atom stereocenters. The van der Waals surface area contributed by atoms with E-state index in [0.29, 0.717) is 16.5 Å². The maximum Gasteiger partial charge on any atom is 0.251 e. The van der Waals surface area contributed by atoms with Gasteiger partial charge >= 0.3 is 0 Å². The molecule has 1 aromatic rings. The van der Waals surface area contributed by atoms with Gasteiger partial charge in [-0.25, -0.2) is 0 Å². The van der Waals surface area contributed by atoms with Gasteiger partial charge in [0.15, 0.2) is 0 Å². The second kappa shape index (κ2) is 6.59. The van der Waals surface area contributed by atoms with Gasteiger partial charge in [0.05, 0.1) is 5.56 Å². The first kappa shape index (κ1) is 15.3. The number of carbonyl (C=O) groups is 2. The highest BCUT2D eigenvalue weighted by Crippen LogP contribution is 2.40. The molecule has 1 heterocycles. The van der Waals surface area contributed by atoms with Crippen LogP contribution >= 0.6 is 22.9 Å². The highest BCUT2D eigenvalue weighted by atomic mass is 35.5. The molecule has 0 aliphatic heterocycles. The van der Waals surface area contributed by atoms with Crippen LogP contribution in [0.5, 0.6) is 0 Å². The molecule has 0 fully saturated rings. The molecule has 0 spiro atoms. The molecule has 4 nitrogen and oxygen atoms in total. The van der Waals surface area contributed by atoms with E-state index in [-0.39, 0.29) is 11.8 Å².